The van der Waals surface area contributed by atoms with Crippen LogP contribution in [-0.2, 0) is 4.79 Å². The first kappa shape index (κ1) is 9.90. The lowest BCUT2D eigenvalue weighted by Crippen LogP contribution is -2.14. The smallest absolute Gasteiger partial charge is 0.129 e. The third-order valence-corrected chi connectivity index (χ3v) is 1.59. The number of hydrogen-bond donors (Lipinski definition) is 0. The van der Waals surface area contributed by atoms with Crippen molar-refractivity contribution in [3.05, 3.63) is 12.2 Å². The summed E-state index contributed by atoms with van der Waals surface area (Å²) < 4.78 is 0. The first-order chi connectivity index (χ1) is 5.18. The van der Waals surface area contributed by atoms with Crippen LogP contribution in [0, 0.1) is 16.7 Å². The molecule has 0 rings (SSSR count). The molecule has 1 unspecified atom stereocenters. The minimum Gasteiger partial charge on any atom is -0.302 e. The summed E-state index contributed by atoms with van der Waals surface area (Å²) in [7, 11) is 0. The Bertz CT molecular complexity index is 190. The molecule has 0 aromatic carbocycles. The minimum atomic E-state index is -0.440. The van der Waals surface area contributed by atoms with Gasteiger partial charge in [-0.3, -0.25) is 0 Å². The van der Waals surface area contributed by atoms with Gasteiger partial charge in [-0.15, -0.1) is 0 Å². The predicted molar refractivity (Wildman–Crippen MR) is 43.8 cm³/mol. The van der Waals surface area contributed by atoms with E-state index in [1.807, 2.05) is 32.1 Å². The van der Waals surface area contributed by atoms with Crippen molar-refractivity contribution in [2.75, 3.05) is 0 Å². The Kier molecular flexibility index (Phi) is 4.21. The van der Waals surface area contributed by atoms with E-state index in [-0.39, 0.29) is 0 Å². The summed E-state index contributed by atoms with van der Waals surface area (Å²) in [5, 5.41) is 8.30. The van der Waals surface area contributed by atoms with E-state index >= 15 is 0 Å². The Labute approximate surface area is 67.5 Å². The van der Waals surface area contributed by atoms with Crippen LogP contribution in [0.1, 0.15) is 26.7 Å². The summed E-state index contributed by atoms with van der Waals surface area (Å²) in [6.07, 6.45) is 5.60. The highest BCUT2D eigenvalue weighted by Crippen LogP contribution is 2.21. The molecule has 0 spiro atoms. The Balaban J connectivity index is 4.12. The van der Waals surface area contributed by atoms with Gasteiger partial charge in [0, 0.05) is 11.8 Å². The second-order valence-corrected chi connectivity index (χ2v) is 2.78. The maximum Gasteiger partial charge on any atom is 0.129 e. The highest BCUT2D eigenvalue weighted by molar-refractivity contribution is 5.61. The van der Waals surface area contributed by atoms with Gasteiger partial charge in [0.25, 0.3) is 0 Å². The van der Waals surface area contributed by atoms with E-state index in [0.717, 1.165) is 6.29 Å². The predicted octanol–water partition coefficient (Wildman–Crippen LogP) is 2.07. The first-order valence-corrected chi connectivity index (χ1v) is 3.65. The molecule has 0 saturated heterocycles. The summed E-state index contributed by atoms with van der Waals surface area (Å²) in [5.41, 5.74) is -0.440. The van der Waals surface area contributed by atoms with E-state index in [2.05, 4.69) is 0 Å². The molecule has 0 fully saturated rings. The van der Waals surface area contributed by atoms with Crippen LogP contribution in [0.5, 0.6) is 0 Å². The van der Waals surface area contributed by atoms with Gasteiger partial charge in [0.1, 0.15) is 6.29 Å². The molecular formula is C9H13NO. The molecule has 0 N–H and O–H groups in total. The van der Waals surface area contributed by atoms with Gasteiger partial charge in [0.2, 0.25) is 0 Å². The molecule has 0 aliphatic heterocycles. The summed E-state index contributed by atoms with van der Waals surface area (Å²) in [5.74, 6) is 0. The fourth-order valence-electron chi connectivity index (χ4n) is 0.888. The van der Waals surface area contributed by atoms with Crippen LogP contribution in [-0.4, -0.2) is 6.29 Å². The van der Waals surface area contributed by atoms with Gasteiger partial charge < -0.3 is 4.79 Å². The van der Waals surface area contributed by atoms with Crippen molar-refractivity contribution < 1.29 is 4.79 Å². The highest BCUT2D eigenvalue weighted by atomic mass is 16.1. The SMILES string of the molecule is CC=CC(C)(C=O)CCC#N. The molecule has 0 saturated carbocycles. The second-order valence-electron chi connectivity index (χ2n) is 2.78. The van der Waals surface area contributed by atoms with Crippen LogP contribution in [0.4, 0.5) is 0 Å². The standard InChI is InChI=1S/C9H13NO/c1-3-5-9(2,8-11)6-4-7-10/h3,5,8H,4,6H2,1-2H3. The van der Waals surface area contributed by atoms with Gasteiger partial charge in [-0.25, -0.2) is 0 Å². The van der Waals surface area contributed by atoms with Crippen molar-refractivity contribution >= 4 is 6.29 Å². The average molecular weight is 151 g/mol. The zero-order chi connectivity index (χ0) is 8.74. The lowest BCUT2D eigenvalue weighted by Gasteiger charge is -2.15. The molecule has 0 heterocycles. The monoisotopic (exact) mass is 151 g/mol. The maximum atomic E-state index is 10.6. The van der Waals surface area contributed by atoms with E-state index in [1.54, 1.807) is 0 Å². The first-order valence-electron chi connectivity index (χ1n) is 3.65. The van der Waals surface area contributed by atoms with Crippen molar-refractivity contribution in [3.63, 3.8) is 0 Å². The third kappa shape index (κ3) is 3.57. The number of aldehydes is 1. The Morgan fingerprint density at radius 2 is 2.27 bits per heavy atom. The van der Waals surface area contributed by atoms with Crippen LogP contribution < -0.4 is 0 Å². The van der Waals surface area contributed by atoms with Crippen LogP contribution >= 0.6 is 0 Å². The van der Waals surface area contributed by atoms with Gasteiger partial charge in [0.15, 0.2) is 0 Å². The highest BCUT2D eigenvalue weighted by Gasteiger charge is 2.18. The number of allylic oxidation sites excluding steroid dienone is 2. The van der Waals surface area contributed by atoms with Crippen molar-refractivity contribution in [3.8, 4) is 6.07 Å². The van der Waals surface area contributed by atoms with Crippen molar-refractivity contribution in [1.82, 2.24) is 0 Å². The fraction of sp³-hybridized carbons (Fsp3) is 0.556. The summed E-state index contributed by atoms with van der Waals surface area (Å²) in [4.78, 5) is 10.6. The number of rotatable bonds is 4. The molecule has 1 atom stereocenters. The topological polar surface area (TPSA) is 40.9 Å². The summed E-state index contributed by atoms with van der Waals surface area (Å²) in [6.45, 7) is 3.70. The van der Waals surface area contributed by atoms with E-state index in [9.17, 15) is 4.79 Å². The lowest BCUT2D eigenvalue weighted by molar-refractivity contribution is -0.113. The largest absolute Gasteiger partial charge is 0.302 e. The Hall–Kier alpha value is -1.10. The molecule has 11 heavy (non-hydrogen) atoms. The van der Waals surface area contributed by atoms with Crippen molar-refractivity contribution in [1.29, 1.82) is 5.26 Å². The van der Waals surface area contributed by atoms with Crippen molar-refractivity contribution in [2.45, 2.75) is 26.7 Å². The molecule has 2 nitrogen and oxygen atoms in total. The zero-order valence-corrected chi connectivity index (χ0v) is 7.00. The van der Waals surface area contributed by atoms with Crippen LogP contribution in [0.25, 0.3) is 0 Å². The Morgan fingerprint density at radius 3 is 2.64 bits per heavy atom. The molecule has 0 aliphatic carbocycles. The maximum absolute atomic E-state index is 10.6. The molecule has 0 aromatic heterocycles. The van der Waals surface area contributed by atoms with Gasteiger partial charge in [-0.2, -0.15) is 5.26 Å². The van der Waals surface area contributed by atoms with Gasteiger partial charge in [-0.1, -0.05) is 12.2 Å². The van der Waals surface area contributed by atoms with Gasteiger partial charge in [-0.05, 0) is 20.3 Å². The van der Waals surface area contributed by atoms with E-state index < -0.39 is 5.41 Å². The van der Waals surface area contributed by atoms with Crippen LogP contribution in [0.3, 0.4) is 0 Å². The minimum absolute atomic E-state index is 0.430. The van der Waals surface area contributed by atoms with Gasteiger partial charge >= 0.3 is 0 Å². The lowest BCUT2D eigenvalue weighted by atomic mass is 9.87. The number of carbonyl (C=O) groups excluding carboxylic acids is 1. The van der Waals surface area contributed by atoms with E-state index in [0.29, 0.717) is 12.8 Å². The van der Waals surface area contributed by atoms with Crippen molar-refractivity contribution in [2.24, 2.45) is 5.41 Å². The molecule has 60 valence electrons. The normalized spacial score (nSPS) is 15.7. The molecule has 0 radical (unpaired) electrons. The molecule has 0 bridgehead atoms. The molecular weight excluding hydrogens is 138 g/mol. The molecule has 0 aliphatic rings. The number of hydrogen-bond acceptors (Lipinski definition) is 2. The quantitative estimate of drug-likeness (QED) is 0.456. The number of nitrogens with zero attached hydrogens (tertiary/aromatic N) is 1. The Morgan fingerprint density at radius 1 is 1.64 bits per heavy atom. The zero-order valence-electron chi connectivity index (χ0n) is 7.00. The second kappa shape index (κ2) is 4.68. The summed E-state index contributed by atoms with van der Waals surface area (Å²) >= 11 is 0. The van der Waals surface area contributed by atoms with Crippen LogP contribution in [0.15, 0.2) is 12.2 Å². The summed E-state index contributed by atoms with van der Waals surface area (Å²) in [6, 6.07) is 2.02. The van der Waals surface area contributed by atoms with E-state index in [4.69, 9.17) is 5.26 Å². The number of nitriles is 1. The van der Waals surface area contributed by atoms with E-state index in [1.165, 1.54) is 0 Å². The average Bonchev–Trinajstić information content (AvgIpc) is 2.02. The third-order valence-electron chi connectivity index (χ3n) is 1.59. The molecule has 0 aromatic rings. The van der Waals surface area contributed by atoms with Gasteiger partial charge in [0.05, 0.1) is 6.07 Å². The molecule has 0 amide bonds. The van der Waals surface area contributed by atoms with Crippen LogP contribution in [0.2, 0.25) is 0 Å². The molecule has 2 heteroatoms. The number of carbonyl (C=O) groups is 1. The fourth-order valence-corrected chi connectivity index (χ4v) is 0.888.